The predicted octanol–water partition coefficient (Wildman–Crippen LogP) is 2.20. The van der Waals surface area contributed by atoms with Gasteiger partial charge in [-0.1, -0.05) is 6.92 Å². The fourth-order valence-corrected chi connectivity index (χ4v) is 4.10. The van der Waals surface area contributed by atoms with Crippen LogP contribution in [0.5, 0.6) is 0 Å². The first-order chi connectivity index (χ1) is 10.1. The van der Waals surface area contributed by atoms with Crippen molar-refractivity contribution in [2.45, 2.75) is 31.8 Å². The monoisotopic (exact) mass is 329 g/mol. The molecule has 2 heterocycles. The number of nitrogens with one attached hydrogen (secondary N) is 1. The molecule has 1 aromatic heterocycles. The summed E-state index contributed by atoms with van der Waals surface area (Å²) in [6.45, 7) is 2.58. The van der Waals surface area contributed by atoms with Gasteiger partial charge in [0.2, 0.25) is 0 Å². The van der Waals surface area contributed by atoms with Crippen molar-refractivity contribution in [2.24, 2.45) is 0 Å². The quantitative estimate of drug-likeness (QED) is 0.865. The SMILES string of the molecule is CCC(NC(=O)N1CCSCC1CC(=O)O)c1nccs1. The van der Waals surface area contributed by atoms with E-state index in [0.717, 1.165) is 17.2 Å². The summed E-state index contributed by atoms with van der Waals surface area (Å²) in [5, 5.41) is 14.7. The summed E-state index contributed by atoms with van der Waals surface area (Å²) in [7, 11) is 0. The maximum absolute atomic E-state index is 12.4. The van der Waals surface area contributed by atoms with Crippen LogP contribution in [0.1, 0.15) is 30.8 Å². The van der Waals surface area contributed by atoms with Crippen molar-refractivity contribution in [3.63, 3.8) is 0 Å². The Bertz CT molecular complexity index is 481. The first-order valence-corrected chi connectivity index (χ1v) is 8.91. The Labute approximate surface area is 131 Å². The number of rotatable bonds is 5. The highest BCUT2D eigenvalue weighted by Gasteiger charge is 2.30. The summed E-state index contributed by atoms with van der Waals surface area (Å²) < 4.78 is 0. The highest BCUT2D eigenvalue weighted by molar-refractivity contribution is 7.99. The minimum atomic E-state index is -0.868. The van der Waals surface area contributed by atoms with Gasteiger partial charge in [-0.15, -0.1) is 11.3 Å². The lowest BCUT2D eigenvalue weighted by Crippen LogP contribution is -2.51. The topological polar surface area (TPSA) is 82.5 Å². The average Bonchev–Trinajstić information content (AvgIpc) is 2.98. The Morgan fingerprint density at radius 2 is 2.43 bits per heavy atom. The number of carboxylic acids is 1. The number of carboxylic acid groups (broad SMARTS) is 1. The molecule has 116 valence electrons. The largest absolute Gasteiger partial charge is 0.481 e. The molecule has 0 bridgehead atoms. The maximum atomic E-state index is 12.4. The van der Waals surface area contributed by atoms with Crippen LogP contribution in [0.3, 0.4) is 0 Å². The number of aliphatic carboxylic acids is 1. The van der Waals surface area contributed by atoms with Crippen molar-refractivity contribution in [3.05, 3.63) is 16.6 Å². The number of carbonyl (C=O) groups is 2. The van der Waals surface area contributed by atoms with Crippen LogP contribution in [0.25, 0.3) is 0 Å². The molecule has 2 unspecified atom stereocenters. The maximum Gasteiger partial charge on any atom is 0.318 e. The molecule has 6 nitrogen and oxygen atoms in total. The van der Waals surface area contributed by atoms with E-state index in [-0.39, 0.29) is 24.5 Å². The number of urea groups is 1. The zero-order valence-electron chi connectivity index (χ0n) is 11.8. The number of hydrogen-bond acceptors (Lipinski definition) is 5. The Balaban J connectivity index is 2.01. The van der Waals surface area contributed by atoms with Crippen LogP contribution in [0, 0.1) is 0 Å². The Morgan fingerprint density at radius 3 is 3.05 bits per heavy atom. The minimum absolute atomic E-state index is 0.00549. The molecule has 0 radical (unpaired) electrons. The summed E-state index contributed by atoms with van der Waals surface area (Å²) in [5.74, 6) is 0.651. The van der Waals surface area contributed by atoms with Gasteiger partial charge in [0.1, 0.15) is 5.01 Å². The van der Waals surface area contributed by atoms with E-state index in [1.165, 1.54) is 11.3 Å². The van der Waals surface area contributed by atoms with Gasteiger partial charge in [-0.3, -0.25) is 4.79 Å². The summed E-state index contributed by atoms with van der Waals surface area (Å²) in [5.41, 5.74) is 0. The molecule has 2 atom stereocenters. The molecule has 1 fully saturated rings. The molecule has 1 aliphatic heterocycles. The van der Waals surface area contributed by atoms with E-state index in [0.29, 0.717) is 12.3 Å². The molecule has 0 saturated carbocycles. The van der Waals surface area contributed by atoms with Crippen LogP contribution >= 0.6 is 23.1 Å². The summed E-state index contributed by atoms with van der Waals surface area (Å²) in [4.78, 5) is 29.3. The first-order valence-electron chi connectivity index (χ1n) is 6.87. The van der Waals surface area contributed by atoms with Crippen molar-refractivity contribution in [1.82, 2.24) is 15.2 Å². The second-order valence-electron chi connectivity index (χ2n) is 4.80. The number of thiazole rings is 1. The van der Waals surface area contributed by atoms with Gasteiger partial charge in [-0.2, -0.15) is 11.8 Å². The Hall–Kier alpha value is -1.28. The van der Waals surface area contributed by atoms with Crippen LogP contribution in [0.4, 0.5) is 4.79 Å². The van der Waals surface area contributed by atoms with Gasteiger partial charge in [0, 0.05) is 29.6 Å². The van der Waals surface area contributed by atoms with Gasteiger partial charge in [0.05, 0.1) is 18.5 Å². The molecule has 2 rings (SSSR count). The average molecular weight is 329 g/mol. The van der Waals surface area contributed by atoms with Gasteiger partial charge in [-0.25, -0.2) is 9.78 Å². The molecule has 0 aliphatic carbocycles. The summed E-state index contributed by atoms with van der Waals surface area (Å²) in [6.07, 6.45) is 2.47. The normalized spacial score (nSPS) is 20.0. The molecule has 0 spiro atoms. The van der Waals surface area contributed by atoms with Crippen molar-refractivity contribution < 1.29 is 14.7 Å². The van der Waals surface area contributed by atoms with Crippen LogP contribution < -0.4 is 5.32 Å². The van der Waals surface area contributed by atoms with Gasteiger partial charge in [-0.05, 0) is 6.42 Å². The van der Waals surface area contributed by atoms with Gasteiger partial charge >= 0.3 is 12.0 Å². The number of aromatic nitrogens is 1. The molecular formula is C13H19N3O3S2. The molecule has 2 amide bonds. The second kappa shape index (κ2) is 7.65. The molecule has 21 heavy (non-hydrogen) atoms. The third-order valence-electron chi connectivity index (χ3n) is 3.35. The third-order valence-corrected chi connectivity index (χ3v) is 5.34. The second-order valence-corrected chi connectivity index (χ2v) is 6.88. The fourth-order valence-electron chi connectivity index (χ4n) is 2.27. The van der Waals surface area contributed by atoms with Crippen molar-refractivity contribution in [2.75, 3.05) is 18.1 Å². The van der Waals surface area contributed by atoms with E-state index in [2.05, 4.69) is 10.3 Å². The molecule has 2 N–H and O–H groups in total. The van der Waals surface area contributed by atoms with Gasteiger partial charge in [0.15, 0.2) is 0 Å². The predicted molar refractivity (Wildman–Crippen MR) is 83.7 cm³/mol. The van der Waals surface area contributed by atoms with Crippen LogP contribution in [0.15, 0.2) is 11.6 Å². The van der Waals surface area contributed by atoms with Crippen molar-refractivity contribution in [3.8, 4) is 0 Å². The molecule has 1 aliphatic rings. The zero-order chi connectivity index (χ0) is 15.2. The molecule has 1 saturated heterocycles. The minimum Gasteiger partial charge on any atom is -0.481 e. The lowest BCUT2D eigenvalue weighted by molar-refractivity contribution is -0.138. The first kappa shape index (κ1) is 16.1. The van der Waals surface area contributed by atoms with E-state index >= 15 is 0 Å². The summed E-state index contributed by atoms with van der Waals surface area (Å²) in [6, 6.07) is -0.545. The van der Waals surface area contributed by atoms with Crippen LogP contribution in [-0.2, 0) is 4.79 Å². The number of hydrogen-bond donors (Lipinski definition) is 2. The Morgan fingerprint density at radius 1 is 1.62 bits per heavy atom. The lowest BCUT2D eigenvalue weighted by Gasteiger charge is -2.35. The highest BCUT2D eigenvalue weighted by Crippen LogP contribution is 2.22. The third kappa shape index (κ3) is 4.34. The van der Waals surface area contributed by atoms with E-state index in [1.807, 2.05) is 12.3 Å². The molecule has 0 aromatic carbocycles. The van der Waals surface area contributed by atoms with Crippen LogP contribution in [-0.4, -0.2) is 51.1 Å². The standard InChI is InChI=1S/C13H19N3O3S2/c1-2-10(12-14-3-5-21-12)15-13(19)16-4-6-20-8-9(16)7-11(17)18/h3,5,9-10H,2,4,6-8H2,1H3,(H,15,19)(H,17,18). The van der Waals surface area contributed by atoms with E-state index in [9.17, 15) is 9.59 Å². The molecular weight excluding hydrogens is 310 g/mol. The smallest absolute Gasteiger partial charge is 0.318 e. The lowest BCUT2D eigenvalue weighted by atomic mass is 10.2. The number of nitrogens with zero attached hydrogens (tertiary/aromatic N) is 2. The number of thioether (sulfide) groups is 1. The molecule has 8 heteroatoms. The van der Waals surface area contributed by atoms with Crippen molar-refractivity contribution in [1.29, 1.82) is 0 Å². The van der Waals surface area contributed by atoms with E-state index in [4.69, 9.17) is 5.11 Å². The summed E-state index contributed by atoms with van der Waals surface area (Å²) >= 11 is 3.21. The van der Waals surface area contributed by atoms with E-state index < -0.39 is 5.97 Å². The zero-order valence-corrected chi connectivity index (χ0v) is 13.5. The molecule has 1 aromatic rings. The highest BCUT2D eigenvalue weighted by atomic mass is 32.2. The number of amides is 2. The van der Waals surface area contributed by atoms with Gasteiger partial charge in [0.25, 0.3) is 0 Å². The Kier molecular flexibility index (Phi) is 5.86. The van der Waals surface area contributed by atoms with Gasteiger partial charge < -0.3 is 15.3 Å². The number of carbonyl (C=O) groups excluding carboxylic acids is 1. The van der Waals surface area contributed by atoms with E-state index in [1.54, 1.807) is 22.9 Å². The van der Waals surface area contributed by atoms with Crippen LogP contribution in [0.2, 0.25) is 0 Å². The fraction of sp³-hybridized carbons (Fsp3) is 0.615. The van der Waals surface area contributed by atoms with Crippen molar-refractivity contribution >= 4 is 35.1 Å².